The Morgan fingerprint density at radius 1 is 1.47 bits per heavy atom. The number of rotatable bonds is 3. The van der Waals surface area contributed by atoms with Gasteiger partial charge in [-0.25, -0.2) is 8.42 Å². The molecule has 5 nitrogen and oxygen atoms in total. The first-order valence-corrected chi connectivity index (χ1v) is 7.72. The van der Waals surface area contributed by atoms with E-state index in [0.29, 0.717) is 17.5 Å². The third kappa shape index (κ3) is 3.29. The summed E-state index contributed by atoms with van der Waals surface area (Å²) in [5.74, 6) is 0.629. The van der Waals surface area contributed by atoms with Crippen molar-refractivity contribution in [3.63, 3.8) is 0 Å². The molecule has 0 atom stereocenters. The van der Waals surface area contributed by atoms with E-state index in [9.17, 15) is 8.42 Å². The number of nitrogens with zero attached hydrogens (tertiary/aromatic N) is 2. The van der Waals surface area contributed by atoms with E-state index in [1.54, 1.807) is 0 Å². The molecule has 2 heterocycles. The van der Waals surface area contributed by atoms with Crippen LogP contribution in [0.2, 0.25) is 0 Å². The number of nitrogens with one attached hydrogen (secondary N) is 1. The maximum atomic E-state index is 11.3. The highest BCUT2D eigenvalue weighted by Gasteiger charge is 2.23. The van der Waals surface area contributed by atoms with E-state index in [2.05, 4.69) is 10.4 Å². The molecule has 1 N–H and O–H groups in total. The summed E-state index contributed by atoms with van der Waals surface area (Å²) in [7, 11) is -0.834. The zero-order valence-electron chi connectivity index (χ0n) is 10.3. The summed E-state index contributed by atoms with van der Waals surface area (Å²) in [4.78, 5) is 0. The van der Waals surface area contributed by atoms with Crippen LogP contribution in [-0.2, 0) is 23.4 Å². The average Bonchev–Trinajstić information content (AvgIpc) is 2.56. The van der Waals surface area contributed by atoms with Gasteiger partial charge in [-0.1, -0.05) is 0 Å². The second kappa shape index (κ2) is 4.78. The molecular formula is C11H19N3O2S. The predicted octanol–water partition coefficient (Wildman–Crippen LogP) is 0.395. The van der Waals surface area contributed by atoms with Crippen LogP contribution in [0.5, 0.6) is 0 Å². The molecule has 1 aliphatic rings. The van der Waals surface area contributed by atoms with Crippen molar-refractivity contribution in [2.45, 2.75) is 32.4 Å². The molecule has 0 amide bonds. The predicted molar refractivity (Wildman–Crippen MR) is 66.5 cm³/mol. The molecule has 96 valence electrons. The van der Waals surface area contributed by atoms with Gasteiger partial charge in [0.25, 0.3) is 0 Å². The lowest BCUT2D eigenvalue weighted by atomic mass is 10.1. The standard InChI is InChI=1S/C11H19N3O2S/c1-9-7-11(14(2)13-9)8-12-10-3-5-17(15,16)6-4-10/h7,10,12H,3-6,8H2,1-2H3. The lowest BCUT2D eigenvalue weighted by molar-refractivity contribution is 0.454. The molecular weight excluding hydrogens is 238 g/mol. The molecule has 1 fully saturated rings. The van der Waals surface area contributed by atoms with Crippen molar-refractivity contribution in [1.29, 1.82) is 0 Å². The molecule has 17 heavy (non-hydrogen) atoms. The van der Waals surface area contributed by atoms with Crippen LogP contribution in [0.4, 0.5) is 0 Å². The zero-order chi connectivity index (χ0) is 12.5. The normalized spacial score (nSPS) is 20.6. The molecule has 6 heteroatoms. The Labute approximate surface area is 102 Å². The van der Waals surface area contributed by atoms with E-state index in [1.807, 2.05) is 24.7 Å². The van der Waals surface area contributed by atoms with Crippen LogP contribution in [0.3, 0.4) is 0 Å². The Balaban J connectivity index is 1.85. The number of hydrogen-bond donors (Lipinski definition) is 1. The minimum atomic E-state index is -2.76. The van der Waals surface area contributed by atoms with E-state index < -0.39 is 9.84 Å². The van der Waals surface area contributed by atoms with Crippen LogP contribution < -0.4 is 5.32 Å². The Bertz CT molecular complexity index is 479. The van der Waals surface area contributed by atoms with Crippen LogP contribution in [0.25, 0.3) is 0 Å². The summed E-state index contributed by atoms with van der Waals surface area (Å²) in [6, 6.07) is 2.36. The molecule has 1 aliphatic heterocycles. The second-order valence-corrected chi connectivity index (χ2v) is 7.01. The number of aryl methyl sites for hydroxylation is 2. The number of hydrogen-bond acceptors (Lipinski definition) is 4. The maximum Gasteiger partial charge on any atom is 0.150 e. The van der Waals surface area contributed by atoms with Crippen molar-refractivity contribution >= 4 is 9.84 Å². The highest BCUT2D eigenvalue weighted by Crippen LogP contribution is 2.13. The van der Waals surface area contributed by atoms with Gasteiger partial charge in [0.05, 0.1) is 22.9 Å². The van der Waals surface area contributed by atoms with Crippen molar-refractivity contribution in [1.82, 2.24) is 15.1 Å². The summed E-state index contributed by atoms with van der Waals surface area (Å²) in [5.41, 5.74) is 2.14. The monoisotopic (exact) mass is 257 g/mol. The first-order valence-electron chi connectivity index (χ1n) is 5.89. The topological polar surface area (TPSA) is 64.0 Å². The van der Waals surface area contributed by atoms with Gasteiger partial charge in [-0.05, 0) is 25.8 Å². The number of sulfone groups is 1. The van der Waals surface area contributed by atoms with Crippen molar-refractivity contribution in [2.24, 2.45) is 7.05 Å². The molecule has 0 saturated carbocycles. The van der Waals surface area contributed by atoms with Crippen molar-refractivity contribution < 1.29 is 8.42 Å². The molecule has 0 radical (unpaired) electrons. The number of aromatic nitrogens is 2. The van der Waals surface area contributed by atoms with Crippen molar-refractivity contribution in [3.8, 4) is 0 Å². The van der Waals surface area contributed by atoms with E-state index in [1.165, 1.54) is 0 Å². The highest BCUT2D eigenvalue weighted by molar-refractivity contribution is 7.91. The lowest BCUT2D eigenvalue weighted by Gasteiger charge is -2.23. The smallest absolute Gasteiger partial charge is 0.150 e. The van der Waals surface area contributed by atoms with E-state index >= 15 is 0 Å². The van der Waals surface area contributed by atoms with Crippen LogP contribution in [0.1, 0.15) is 24.2 Å². The van der Waals surface area contributed by atoms with Crippen LogP contribution in [0.15, 0.2) is 6.07 Å². The summed E-state index contributed by atoms with van der Waals surface area (Å²) in [6.45, 7) is 2.72. The summed E-state index contributed by atoms with van der Waals surface area (Å²) in [5, 5.41) is 7.68. The van der Waals surface area contributed by atoms with Crippen molar-refractivity contribution in [2.75, 3.05) is 11.5 Å². The van der Waals surface area contributed by atoms with Gasteiger partial charge in [0.1, 0.15) is 9.84 Å². The Morgan fingerprint density at radius 2 is 2.12 bits per heavy atom. The fourth-order valence-corrected chi connectivity index (χ4v) is 3.66. The average molecular weight is 257 g/mol. The molecule has 0 bridgehead atoms. The maximum absolute atomic E-state index is 11.3. The van der Waals surface area contributed by atoms with E-state index in [-0.39, 0.29) is 0 Å². The summed E-state index contributed by atoms with van der Waals surface area (Å²) < 4.78 is 24.4. The van der Waals surface area contributed by atoms with Gasteiger partial charge in [-0.3, -0.25) is 4.68 Å². The molecule has 1 aromatic heterocycles. The molecule has 2 rings (SSSR count). The Hall–Kier alpha value is -0.880. The van der Waals surface area contributed by atoms with E-state index in [0.717, 1.165) is 30.8 Å². The molecule has 0 aromatic carbocycles. The quantitative estimate of drug-likeness (QED) is 0.851. The molecule has 0 aliphatic carbocycles. The van der Waals surface area contributed by atoms with E-state index in [4.69, 9.17) is 0 Å². The first kappa shape index (κ1) is 12.6. The van der Waals surface area contributed by atoms with Gasteiger partial charge in [-0.2, -0.15) is 5.10 Å². The largest absolute Gasteiger partial charge is 0.308 e. The van der Waals surface area contributed by atoms with Gasteiger partial charge < -0.3 is 5.32 Å². The highest BCUT2D eigenvalue weighted by atomic mass is 32.2. The van der Waals surface area contributed by atoms with Gasteiger partial charge in [0, 0.05) is 19.6 Å². The molecule has 1 aromatic rings. The van der Waals surface area contributed by atoms with Crippen LogP contribution in [0, 0.1) is 6.92 Å². The third-order valence-electron chi connectivity index (χ3n) is 3.23. The minimum absolute atomic E-state index is 0.314. The SMILES string of the molecule is Cc1cc(CNC2CCS(=O)(=O)CC2)n(C)n1. The Morgan fingerprint density at radius 3 is 2.65 bits per heavy atom. The molecule has 0 spiro atoms. The van der Waals surface area contributed by atoms with Crippen molar-refractivity contribution in [3.05, 3.63) is 17.5 Å². The summed E-state index contributed by atoms with van der Waals surface area (Å²) in [6.07, 6.45) is 1.44. The third-order valence-corrected chi connectivity index (χ3v) is 4.94. The van der Waals surface area contributed by atoms with Gasteiger partial charge in [0.2, 0.25) is 0 Å². The molecule has 0 unspecified atom stereocenters. The van der Waals surface area contributed by atoms with Gasteiger partial charge in [-0.15, -0.1) is 0 Å². The van der Waals surface area contributed by atoms with Crippen LogP contribution in [-0.4, -0.2) is 35.7 Å². The zero-order valence-corrected chi connectivity index (χ0v) is 11.1. The first-order chi connectivity index (χ1) is 7.96. The van der Waals surface area contributed by atoms with Gasteiger partial charge >= 0.3 is 0 Å². The fraction of sp³-hybridized carbons (Fsp3) is 0.727. The minimum Gasteiger partial charge on any atom is -0.308 e. The summed E-state index contributed by atoms with van der Waals surface area (Å²) >= 11 is 0. The fourth-order valence-electron chi connectivity index (χ4n) is 2.17. The van der Waals surface area contributed by atoms with Crippen LogP contribution >= 0.6 is 0 Å². The Kier molecular flexibility index (Phi) is 3.53. The van der Waals surface area contributed by atoms with Gasteiger partial charge in [0.15, 0.2) is 0 Å². The second-order valence-electron chi connectivity index (χ2n) is 4.71. The molecule has 1 saturated heterocycles. The lowest BCUT2D eigenvalue weighted by Crippen LogP contribution is -2.37.